The van der Waals surface area contributed by atoms with E-state index in [1.165, 1.54) is 7.11 Å². The molecule has 2 rings (SSSR count). The van der Waals surface area contributed by atoms with Crippen molar-refractivity contribution in [2.24, 2.45) is 0 Å². The van der Waals surface area contributed by atoms with Crippen LogP contribution in [0, 0.1) is 0 Å². The second kappa shape index (κ2) is 4.63. The number of carbonyl (C=O) groups is 1. The van der Waals surface area contributed by atoms with Crippen molar-refractivity contribution in [2.45, 2.75) is 5.54 Å². The zero-order valence-corrected chi connectivity index (χ0v) is 9.86. The van der Waals surface area contributed by atoms with Crippen LogP contribution in [0.3, 0.4) is 0 Å². The fraction of sp³-hybridized carbons (Fsp3) is 0.417. The molecule has 0 aliphatic carbocycles. The first-order valence-corrected chi connectivity index (χ1v) is 5.28. The Morgan fingerprint density at radius 1 is 1.29 bits per heavy atom. The van der Waals surface area contributed by atoms with E-state index in [1.807, 2.05) is 24.3 Å². The van der Waals surface area contributed by atoms with Gasteiger partial charge in [0, 0.05) is 5.69 Å². The Morgan fingerprint density at radius 3 is 2.35 bits per heavy atom. The maximum Gasteiger partial charge on any atom is 0.336 e. The monoisotopic (exact) mass is 237 g/mol. The molecule has 1 aromatic carbocycles. The highest BCUT2D eigenvalue weighted by atomic mass is 16.5. The number of hydrogen-bond donors (Lipinski definition) is 1. The Labute approximate surface area is 99.7 Å². The highest BCUT2D eigenvalue weighted by Gasteiger charge is 2.47. The normalized spacial score (nSPS) is 16.8. The molecule has 17 heavy (non-hydrogen) atoms. The number of anilines is 1. The fourth-order valence-electron chi connectivity index (χ4n) is 1.69. The lowest BCUT2D eigenvalue weighted by molar-refractivity contribution is -0.161. The van der Waals surface area contributed by atoms with E-state index in [-0.39, 0.29) is 5.97 Å². The molecule has 0 amide bonds. The zero-order valence-electron chi connectivity index (χ0n) is 9.86. The van der Waals surface area contributed by atoms with Crippen LogP contribution in [0.4, 0.5) is 5.69 Å². The number of ether oxygens (including phenoxy) is 3. The lowest BCUT2D eigenvalue weighted by atomic mass is 9.97. The lowest BCUT2D eigenvalue weighted by Gasteiger charge is -2.39. The standard InChI is InChI=1S/C12H15NO4/c1-15-10-5-3-9(4-6-10)13-12(7-17-8-12)11(14)16-2/h3-6,13H,7-8H2,1-2H3. The van der Waals surface area contributed by atoms with Gasteiger partial charge in [-0.25, -0.2) is 4.79 Å². The highest BCUT2D eigenvalue weighted by Crippen LogP contribution is 2.25. The molecule has 0 aromatic heterocycles. The molecular weight excluding hydrogens is 222 g/mol. The molecule has 1 fully saturated rings. The molecule has 0 atom stereocenters. The number of carbonyl (C=O) groups excluding carboxylic acids is 1. The van der Waals surface area contributed by atoms with E-state index in [0.29, 0.717) is 13.2 Å². The number of benzene rings is 1. The predicted octanol–water partition coefficient (Wildman–Crippen LogP) is 1.05. The summed E-state index contributed by atoms with van der Waals surface area (Å²) in [6.07, 6.45) is 0. The van der Waals surface area contributed by atoms with Gasteiger partial charge in [0.15, 0.2) is 5.54 Å². The minimum Gasteiger partial charge on any atom is -0.497 e. The first kappa shape index (κ1) is 11.7. The third kappa shape index (κ3) is 2.19. The van der Waals surface area contributed by atoms with E-state index < -0.39 is 5.54 Å². The summed E-state index contributed by atoms with van der Waals surface area (Å²) < 4.78 is 14.9. The van der Waals surface area contributed by atoms with Crippen molar-refractivity contribution >= 4 is 11.7 Å². The van der Waals surface area contributed by atoms with Crippen molar-refractivity contribution in [3.63, 3.8) is 0 Å². The van der Waals surface area contributed by atoms with E-state index in [1.54, 1.807) is 7.11 Å². The van der Waals surface area contributed by atoms with Gasteiger partial charge in [-0.05, 0) is 24.3 Å². The Morgan fingerprint density at radius 2 is 1.94 bits per heavy atom. The Kier molecular flexibility index (Phi) is 3.19. The van der Waals surface area contributed by atoms with Crippen molar-refractivity contribution in [1.82, 2.24) is 0 Å². The molecule has 1 heterocycles. The van der Waals surface area contributed by atoms with Crippen LogP contribution in [-0.2, 0) is 14.3 Å². The number of esters is 1. The molecule has 0 radical (unpaired) electrons. The summed E-state index contributed by atoms with van der Waals surface area (Å²) in [5, 5.41) is 3.14. The molecule has 1 aliphatic heterocycles. The summed E-state index contributed by atoms with van der Waals surface area (Å²) in [5.74, 6) is 0.465. The van der Waals surface area contributed by atoms with Crippen LogP contribution in [-0.4, -0.2) is 38.9 Å². The van der Waals surface area contributed by atoms with Crippen LogP contribution < -0.4 is 10.1 Å². The third-order valence-electron chi connectivity index (χ3n) is 2.75. The van der Waals surface area contributed by atoms with Crippen LogP contribution in [0.1, 0.15) is 0 Å². The average Bonchev–Trinajstić information content (AvgIpc) is 2.33. The van der Waals surface area contributed by atoms with Gasteiger partial charge >= 0.3 is 5.97 Å². The molecule has 0 spiro atoms. The average molecular weight is 237 g/mol. The number of methoxy groups -OCH3 is 2. The summed E-state index contributed by atoms with van der Waals surface area (Å²) >= 11 is 0. The summed E-state index contributed by atoms with van der Waals surface area (Å²) in [6.45, 7) is 0.650. The molecule has 1 aliphatic rings. The second-order valence-electron chi connectivity index (χ2n) is 3.92. The van der Waals surface area contributed by atoms with Gasteiger partial charge in [0.1, 0.15) is 5.75 Å². The minimum atomic E-state index is -0.747. The Bertz CT molecular complexity index is 397. The summed E-state index contributed by atoms with van der Waals surface area (Å²) in [7, 11) is 2.98. The van der Waals surface area contributed by atoms with E-state index in [4.69, 9.17) is 14.2 Å². The van der Waals surface area contributed by atoms with Gasteiger partial charge in [-0.15, -0.1) is 0 Å². The van der Waals surface area contributed by atoms with Gasteiger partial charge < -0.3 is 19.5 Å². The molecule has 5 nitrogen and oxygen atoms in total. The fourth-order valence-corrected chi connectivity index (χ4v) is 1.69. The van der Waals surface area contributed by atoms with Crippen molar-refractivity contribution in [1.29, 1.82) is 0 Å². The summed E-state index contributed by atoms with van der Waals surface area (Å²) in [6, 6.07) is 7.35. The molecule has 0 unspecified atom stereocenters. The molecule has 1 saturated heterocycles. The van der Waals surface area contributed by atoms with Gasteiger partial charge in [0.05, 0.1) is 27.4 Å². The smallest absolute Gasteiger partial charge is 0.336 e. The van der Waals surface area contributed by atoms with Crippen LogP contribution in [0.5, 0.6) is 5.75 Å². The SMILES string of the molecule is COC(=O)C1(Nc2ccc(OC)cc2)COC1. The van der Waals surface area contributed by atoms with Gasteiger partial charge in [0.25, 0.3) is 0 Å². The van der Waals surface area contributed by atoms with Crippen LogP contribution in [0.2, 0.25) is 0 Å². The van der Waals surface area contributed by atoms with Crippen LogP contribution >= 0.6 is 0 Å². The van der Waals surface area contributed by atoms with Gasteiger partial charge in [-0.1, -0.05) is 0 Å². The number of hydrogen-bond acceptors (Lipinski definition) is 5. The van der Waals surface area contributed by atoms with Gasteiger partial charge in [0.2, 0.25) is 0 Å². The Balaban J connectivity index is 2.10. The lowest BCUT2D eigenvalue weighted by Crippen LogP contribution is -2.62. The molecular formula is C12H15NO4. The van der Waals surface area contributed by atoms with Gasteiger partial charge in [-0.3, -0.25) is 0 Å². The molecule has 0 bridgehead atoms. The van der Waals surface area contributed by atoms with Gasteiger partial charge in [-0.2, -0.15) is 0 Å². The topological polar surface area (TPSA) is 56.8 Å². The molecule has 92 valence electrons. The van der Waals surface area contributed by atoms with Crippen molar-refractivity contribution in [2.75, 3.05) is 32.8 Å². The van der Waals surface area contributed by atoms with Crippen molar-refractivity contribution in [3.05, 3.63) is 24.3 Å². The molecule has 1 aromatic rings. The van der Waals surface area contributed by atoms with Crippen molar-refractivity contribution in [3.8, 4) is 5.75 Å². The van der Waals surface area contributed by atoms with E-state index in [9.17, 15) is 4.79 Å². The first-order valence-electron chi connectivity index (χ1n) is 5.28. The van der Waals surface area contributed by atoms with E-state index >= 15 is 0 Å². The third-order valence-corrected chi connectivity index (χ3v) is 2.75. The summed E-state index contributed by atoms with van der Waals surface area (Å²) in [4.78, 5) is 11.7. The molecule has 5 heteroatoms. The number of rotatable bonds is 4. The predicted molar refractivity (Wildman–Crippen MR) is 62.2 cm³/mol. The summed E-state index contributed by atoms with van der Waals surface area (Å²) in [5.41, 5.74) is 0.0862. The maximum absolute atomic E-state index is 11.7. The van der Waals surface area contributed by atoms with E-state index in [2.05, 4.69) is 5.32 Å². The second-order valence-corrected chi connectivity index (χ2v) is 3.92. The van der Waals surface area contributed by atoms with Crippen LogP contribution in [0.25, 0.3) is 0 Å². The Hall–Kier alpha value is -1.75. The zero-order chi connectivity index (χ0) is 12.3. The molecule has 1 N–H and O–H groups in total. The van der Waals surface area contributed by atoms with Crippen molar-refractivity contribution < 1.29 is 19.0 Å². The first-order chi connectivity index (χ1) is 8.20. The van der Waals surface area contributed by atoms with Crippen LogP contribution in [0.15, 0.2) is 24.3 Å². The molecule has 0 saturated carbocycles. The quantitative estimate of drug-likeness (QED) is 0.793. The highest BCUT2D eigenvalue weighted by molar-refractivity contribution is 5.86. The van der Waals surface area contributed by atoms with E-state index in [0.717, 1.165) is 11.4 Å². The maximum atomic E-state index is 11.7. The number of nitrogens with one attached hydrogen (secondary N) is 1. The largest absolute Gasteiger partial charge is 0.497 e. The minimum absolute atomic E-state index is 0.306.